The number of hydrogen-bond donors (Lipinski definition) is 2. The molecule has 1 fully saturated rings. The lowest BCUT2D eigenvalue weighted by Crippen LogP contribution is -2.50. The Morgan fingerprint density at radius 1 is 1.33 bits per heavy atom. The molecular formula is C13H19NO4. The van der Waals surface area contributed by atoms with Gasteiger partial charge in [0.2, 0.25) is 5.91 Å². The van der Waals surface area contributed by atoms with Crippen LogP contribution in [0.25, 0.3) is 0 Å². The van der Waals surface area contributed by atoms with Gasteiger partial charge in [0.15, 0.2) is 0 Å². The predicted octanol–water partition coefficient (Wildman–Crippen LogP) is 0.949. The molecule has 1 saturated heterocycles. The Morgan fingerprint density at radius 2 is 2.00 bits per heavy atom. The molecule has 3 unspecified atom stereocenters. The number of carbonyl (C=O) groups excluding carboxylic acids is 1. The SMILES string of the molecule is CC1(NC(=O)C2CC=CCC2C(=O)O)CCOC1. The van der Waals surface area contributed by atoms with E-state index in [1.54, 1.807) is 0 Å². The standard InChI is InChI=1S/C13H19NO4/c1-13(6-7-18-8-13)14-11(15)9-4-2-3-5-10(9)12(16)17/h2-3,9-10H,4-8H2,1H3,(H,14,15)(H,16,17). The summed E-state index contributed by atoms with van der Waals surface area (Å²) >= 11 is 0. The third kappa shape index (κ3) is 2.72. The van der Waals surface area contributed by atoms with Gasteiger partial charge in [0.25, 0.3) is 0 Å². The van der Waals surface area contributed by atoms with E-state index in [1.165, 1.54) is 0 Å². The van der Waals surface area contributed by atoms with Gasteiger partial charge in [0.05, 0.1) is 24.0 Å². The molecule has 2 rings (SSSR count). The van der Waals surface area contributed by atoms with Gasteiger partial charge in [0.1, 0.15) is 0 Å². The second-order valence-electron chi connectivity index (χ2n) is 5.35. The van der Waals surface area contributed by atoms with Crippen LogP contribution >= 0.6 is 0 Å². The molecule has 0 saturated carbocycles. The van der Waals surface area contributed by atoms with Crippen molar-refractivity contribution in [1.29, 1.82) is 0 Å². The van der Waals surface area contributed by atoms with Gasteiger partial charge in [-0.1, -0.05) is 12.2 Å². The Balaban J connectivity index is 2.03. The number of rotatable bonds is 3. The molecule has 2 aliphatic rings. The van der Waals surface area contributed by atoms with Gasteiger partial charge in [0, 0.05) is 6.61 Å². The Kier molecular flexibility index (Phi) is 3.71. The van der Waals surface area contributed by atoms with Gasteiger partial charge in [-0.05, 0) is 26.2 Å². The van der Waals surface area contributed by atoms with Crippen molar-refractivity contribution in [2.45, 2.75) is 31.7 Å². The monoisotopic (exact) mass is 253 g/mol. The third-order valence-electron chi connectivity index (χ3n) is 3.73. The van der Waals surface area contributed by atoms with Crippen LogP contribution in [0.2, 0.25) is 0 Å². The number of carbonyl (C=O) groups is 2. The number of allylic oxidation sites excluding steroid dienone is 2. The predicted molar refractivity (Wildman–Crippen MR) is 65.0 cm³/mol. The summed E-state index contributed by atoms with van der Waals surface area (Å²) in [5.41, 5.74) is -0.346. The Morgan fingerprint density at radius 3 is 2.56 bits per heavy atom. The molecule has 100 valence electrons. The van der Waals surface area contributed by atoms with E-state index in [0.717, 1.165) is 6.42 Å². The van der Waals surface area contributed by atoms with Crippen molar-refractivity contribution >= 4 is 11.9 Å². The van der Waals surface area contributed by atoms with Crippen LogP contribution < -0.4 is 5.32 Å². The smallest absolute Gasteiger partial charge is 0.307 e. The van der Waals surface area contributed by atoms with Crippen LogP contribution in [0.15, 0.2) is 12.2 Å². The number of amides is 1. The highest BCUT2D eigenvalue weighted by Gasteiger charge is 2.38. The molecule has 0 aromatic carbocycles. The van der Waals surface area contributed by atoms with E-state index in [2.05, 4.69) is 5.32 Å². The second kappa shape index (κ2) is 5.10. The van der Waals surface area contributed by atoms with E-state index in [9.17, 15) is 9.59 Å². The number of nitrogens with one attached hydrogen (secondary N) is 1. The fourth-order valence-electron chi connectivity index (χ4n) is 2.53. The summed E-state index contributed by atoms with van der Waals surface area (Å²) in [5.74, 6) is -2.14. The molecule has 1 amide bonds. The van der Waals surface area contributed by atoms with Crippen LogP contribution in [-0.2, 0) is 14.3 Å². The average molecular weight is 253 g/mol. The van der Waals surface area contributed by atoms with Crippen LogP contribution in [-0.4, -0.2) is 35.7 Å². The van der Waals surface area contributed by atoms with E-state index >= 15 is 0 Å². The number of hydrogen-bond acceptors (Lipinski definition) is 3. The highest BCUT2D eigenvalue weighted by Crippen LogP contribution is 2.27. The molecule has 5 nitrogen and oxygen atoms in total. The summed E-state index contributed by atoms with van der Waals surface area (Å²) in [5, 5.41) is 12.1. The molecule has 0 bridgehead atoms. The van der Waals surface area contributed by atoms with Crippen molar-refractivity contribution in [1.82, 2.24) is 5.32 Å². The molecule has 1 heterocycles. The molecule has 0 aromatic rings. The first-order valence-electron chi connectivity index (χ1n) is 6.29. The third-order valence-corrected chi connectivity index (χ3v) is 3.73. The van der Waals surface area contributed by atoms with E-state index < -0.39 is 17.8 Å². The van der Waals surface area contributed by atoms with Crippen molar-refractivity contribution in [3.8, 4) is 0 Å². The van der Waals surface area contributed by atoms with Crippen molar-refractivity contribution in [3.63, 3.8) is 0 Å². The van der Waals surface area contributed by atoms with Crippen molar-refractivity contribution < 1.29 is 19.4 Å². The Hall–Kier alpha value is -1.36. The van der Waals surface area contributed by atoms with Crippen LogP contribution in [0.4, 0.5) is 0 Å². The summed E-state index contributed by atoms with van der Waals surface area (Å²) in [6.45, 7) is 3.08. The fourth-order valence-corrected chi connectivity index (χ4v) is 2.53. The first kappa shape index (κ1) is 13.1. The number of aliphatic carboxylic acids is 1. The van der Waals surface area contributed by atoms with E-state index in [1.807, 2.05) is 19.1 Å². The lowest BCUT2D eigenvalue weighted by Gasteiger charge is -2.30. The van der Waals surface area contributed by atoms with Crippen LogP contribution in [0.5, 0.6) is 0 Å². The van der Waals surface area contributed by atoms with Gasteiger partial charge in [-0.25, -0.2) is 0 Å². The topological polar surface area (TPSA) is 75.6 Å². The fraction of sp³-hybridized carbons (Fsp3) is 0.692. The zero-order valence-electron chi connectivity index (χ0n) is 10.5. The van der Waals surface area contributed by atoms with Crippen molar-refractivity contribution in [3.05, 3.63) is 12.2 Å². The van der Waals surface area contributed by atoms with Gasteiger partial charge < -0.3 is 15.2 Å². The number of carboxylic acids is 1. The van der Waals surface area contributed by atoms with E-state index in [4.69, 9.17) is 9.84 Å². The molecule has 0 radical (unpaired) electrons. The Labute approximate surface area is 106 Å². The largest absolute Gasteiger partial charge is 0.481 e. The van der Waals surface area contributed by atoms with Crippen molar-refractivity contribution in [2.75, 3.05) is 13.2 Å². The first-order chi connectivity index (χ1) is 8.52. The molecule has 1 aliphatic heterocycles. The van der Waals surface area contributed by atoms with Gasteiger partial charge >= 0.3 is 5.97 Å². The lowest BCUT2D eigenvalue weighted by atomic mass is 9.82. The molecule has 2 N–H and O–H groups in total. The first-order valence-corrected chi connectivity index (χ1v) is 6.29. The molecule has 18 heavy (non-hydrogen) atoms. The van der Waals surface area contributed by atoms with Crippen LogP contribution in [0.1, 0.15) is 26.2 Å². The quantitative estimate of drug-likeness (QED) is 0.734. The van der Waals surface area contributed by atoms with Crippen molar-refractivity contribution in [2.24, 2.45) is 11.8 Å². The highest BCUT2D eigenvalue weighted by atomic mass is 16.5. The zero-order chi connectivity index (χ0) is 13.2. The number of ether oxygens (including phenoxy) is 1. The minimum atomic E-state index is -0.896. The zero-order valence-corrected chi connectivity index (χ0v) is 10.5. The summed E-state index contributed by atoms with van der Waals surface area (Å²) < 4.78 is 5.28. The van der Waals surface area contributed by atoms with Crippen LogP contribution in [0, 0.1) is 11.8 Å². The van der Waals surface area contributed by atoms with Gasteiger partial charge in [-0.15, -0.1) is 0 Å². The second-order valence-corrected chi connectivity index (χ2v) is 5.35. The molecule has 3 atom stereocenters. The summed E-state index contributed by atoms with van der Waals surface area (Å²) in [7, 11) is 0. The normalized spacial score (nSPS) is 35.4. The van der Waals surface area contributed by atoms with E-state index in [0.29, 0.717) is 26.1 Å². The molecule has 1 aliphatic carbocycles. The number of carboxylic acid groups (broad SMARTS) is 1. The van der Waals surface area contributed by atoms with Gasteiger partial charge in [-0.3, -0.25) is 9.59 Å². The molecule has 0 spiro atoms. The minimum Gasteiger partial charge on any atom is -0.481 e. The summed E-state index contributed by atoms with van der Waals surface area (Å²) in [6, 6.07) is 0. The van der Waals surface area contributed by atoms with Gasteiger partial charge in [-0.2, -0.15) is 0 Å². The maximum Gasteiger partial charge on any atom is 0.307 e. The molecule has 0 aromatic heterocycles. The van der Waals surface area contributed by atoms with E-state index in [-0.39, 0.29) is 11.4 Å². The summed E-state index contributed by atoms with van der Waals surface area (Å²) in [6.07, 6.45) is 5.43. The molecule has 5 heteroatoms. The lowest BCUT2D eigenvalue weighted by molar-refractivity contribution is -0.147. The maximum absolute atomic E-state index is 12.2. The van der Waals surface area contributed by atoms with Crippen LogP contribution in [0.3, 0.4) is 0 Å². The average Bonchev–Trinajstić information content (AvgIpc) is 2.75. The Bertz CT molecular complexity index is 371. The highest BCUT2D eigenvalue weighted by molar-refractivity contribution is 5.85. The summed E-state index contributed by atoms with van der Waals surface area (Å²) in [4.78, 5) is 23.4. The maximum atomic E-state index is 12.2. The minimum absolute atomic E-state index is 0.167. The molecular weight excluding hydrogens is 234 g/mol.